The Balaban J connectivity index is 0.000000285. The number of nitrogens with one attached hydrogen (secondary N) is 3. The Bertz CT molecular complexity index is 960. The van der Waals surface area contributed by atoms with Gasteiger partial charge in [0.1, 0.15) is 12.4 Å². The fourth-order valence-electron chi connectivity index (χ4n) is 2.21. The molecule has 0 saturated heterocycles. The zero-order chi connectivity index (χ0) is 23.4. The zero-order valence-corrected chi connectivity index (χ0v) is 17.8. The number of aromatic nitrogens is 2. The number of hydrogen-bond acceptors (Lipinski definition) is 7. The van der Waals surface area contributed by atoms with Crippen molar-refractivity contribution < 1.29 is 32.0 Å². The fourth-order valence-corrected chi connectivity index (χ4v) is 2.21. The summed E-state index contributed by atoms with van der Waals surface area (Å²) in [6.07, 6.45) is -5.82. The number of ether oxygens (including phenoxy) is 2. The van der Waals surface area contributed by atoms with Crippen LogP contribution in [0.3, 0.4) is 0 Å². The number of halogens is 3. The first kappa shape index (κ1) is 24.1. The van der Waals surface area contributed by atoms with Gasteiger partial charge >= 0.3 is 18.0 Å². The van der Waals surface area contributed by atoms with Crippen molar-refractivity contribution in [1.82, 2.24) is 10.1 Å². The molecule has 1 aliphatic heterocycles. The van der Waals surface area contributed by atoms with Gasteiger partial charge in [-0.25, -0.2) is 9.59 Å². The van der Waals surface area contributed by atoms with Crippen molar-refractivity contribution in [2.75, 3.05) is 23.8 Å². The first-order valence-corrected chi connectivity index (χ1v) is 9.33. The molecule has 12 heteroatoms. The van der Waals surface area contributed by atoms with E-state index in [1.807, 2.05) is 20.8 Å². The summed E-state index contributed by atoms with van der Waals surface area (Å²) < 4.78 is 52.0. The van der Waals surface area contributed by atoms with E-state index in [-0.39, 0.29) is 5.41 Å². The summed E-state index contributed by atoms with van der Waals surface area (Å²) >= 11 is 0. The van der Waals surface area contributed by atoms with Gasteiger partial charge in [0.05, 0.1) is 5.69 Å². The van der Waals surface area contributed by atoms with Crippen LogP contribution in [0, 0.1) is 0 Å². The number of alkyl halides is 3. The molecule has 0 spiro atoms. The summed E-state index contributed by atoms with van der Waals surface area (Å²) in [5.41, 5.74) is -1.73. The van der Waals surface area contributed by atoms with Crippen LogP contribution in [0.15, 0.2) is 27.5 Å². The van der Waals surface area contributed by atoms with Crippen molar-refractivity contribution in [1.29, 1.82) is 0 Å². The minimum Gasteiger partial charge on any atom is -0.490 e. The second kappa shape index (κ2) is 8.90. The van der Waals surface area contributed by atoms with E-state index in [1.54, 1.807) is 12.1 Å². The molecule has 1 amide bonds. The number of hydrogen-bond donors (Lipinski definition) is 3. The zero-order valence-electron chi connectivity index (χ0n) is 17.8. The van der Waals surface area contributed by atoms with Crippen molar-refractivity contribution in [3.05, 3.63) is 34.6 Å². The Morgan fingerprint density at radius 1 is 1.19 bits per heavy atom. The van der Waals surface area contributed by atoms with Gasteiger partial charge in [0.25, 0.3) is 0 Å². The number of nitrogens with zero attached hydrogens (tertiary/aromatic N) is 1. The van der Waals surface area contributed by atoms with E-state index in [0.717, 1.165) is 13.8 Å². The molecule has 1 aliphatic rings. The second-order valence-corrected chi connectivity index (χ2v) is 8.20. The van der Waals surface area contributed by atoms with Crippen LogP contribution in [0.2, 0.25) is 0 Å². The van der Waals surface area contributed by atoms with E-state index < -0.39 is 23.6 Å². The second-order valence-electron chi connectivity index (χ2n) is 8.20. The minimum atomic E-state index is -4.64. The number of anilines is 2. The fraction of sp³-hybridized carbons (Fsp3) is 0.526. The predicted molar refractivity (Wildman–Crippen MR) is 106 cm³/mol. The number of H-pyrrole nitrogens is 1. The van der Waals surface area contributed by atoms with Crippen LogP contribution in [-0.4, -0.2) is 41.2 Å². The average Bonchev–Trinajstić information content (AvgIpc) is 3.07. The third-order valence-corrected chi connectivity index (χ3v) is 4.08. The van der Waals surface area contributed by atoms with Gasteiger partial charge < -0.3 is 14.8 Å². The Morgan fingerprint density at radius 3 is 2.39 bits per heavy atom. The molecule has 1 aromatic heterocycles. The van der Waals surface area contributed by atoms with Crippen molar-refractivity contribution in [3.8, 4) is 5.75 Å². The molecular formula is C19H25F3N4O5. The van der Waals surface area contributed by atoms with Gasteiger partial charge in [0, 0.05) is 17.6 Å². The van der Waals surface area contributed by atoms with E-state index in [4.69, 9.17) is 4.74 Å². The maximum Gasteiger partial charge on any atom is 0.438 e. The largest absolute Gasteiger partial charge is 0.490 e. The highest BCUT2D eigenvalue weighted by molar-refractivity contribution is 5.86. The molecule has 31 heavy (non-hydrogen) atoms. The number of carbonyl (C=O) groups is 1. The molecule has 0 unspecified atom stereocenters. The molecule has 3 rings (SSSR count). The molecule has 0 aliphatic carbocycles. The van der Waals surface area contributed by atoms with Crippen molar-refractivity contribution in [2.45, 2.75) is 51.8 Å². The van der Waals surface area contributed by atoms with Gasteiger partial charge in [-0.15, -0.1) is 0 Å². The topological polar surface area (TPSA) is 118 Å². The smallest absolute Gasteiger partial charge is 0.438 e. The van der Waals surface area contributed by atoms with Crippen molar-refractivity contribution in [2.24, 2.45) is 0 Å². The molecular weight excluding hydrogens is 421 g/mol. The molecule has 2 heterocycles. The summed E-state index contributed by atoms with van der Waals surface area (Å²) in [5.74, 6) is 0.707. The molecule has 2 aromatic rings. The Morgan fingerprint density at radius 2 is 1.87 bits per heavy atom. The number of fused-ring (bicyclic) bond motifs is 1. The van der Waals surface area contributed by atoms with Crippen LogP contribution in [0.4, 0.5) is 29.3 Å². The average molecular weight is 446 g/mol. The number of carbonyl (C=O) groups excluding carboxylic acids is 1. The minimum absolute atomic E-state index is 0.147. The maximum absolute atomic E-state index is 12.6. The molecule has 0 fully saturated rings. The summed E-state index contributed by atoms with van der Waals surface area (Å²) in [4.78, 5) is 24.5. The quantitative estimate of drug-likeness (QED) is 0.637. The summed E-state index contributed by atoms with van der Waals surface area (Å²) in [6, 6.07) is 4.70. The third-order valence-electron chi connectivity index (χ3n) is 4.08. The molecule has 9 nitrogen and oxygen atoms in total. The lowest BCUT2D eigenvalue weighted by atomic mass is 9.96. The molecule has 0 saturated carbocycles. The monoisotopic (exact) mass is 446 g/mol. The highest BCUT2D eigenvalue weighted by Gasteiger charge is 2.50. The summed E-state index contributed by atoms with van der Waals surface area (Å²) in [7, 11) is 0. The molecule has 0 bridgehead atoms. The van der Waals surface area contributed by atoms with Gasteiger partial charge in [-0.05, 0) is 32.0 Å². The highest BCUT2D eigenvalue weighted by Crippen LogP contribution is 2.34. The van der Waals surface area contributed by atoms with Crippen molar-refractivity contribution >= 4 is 17.5 Å². The van der Waals surface area contributed by atoms with E-state index in [9.17, 15) is 22.8 Å². The van der Waals surface area contributed by atoms with Crippen LogP contribution in [-0.2, 0) is 10.2 Å². The van der Waals surface area contributed by atoms with Crippen LogP contribution in [0.5, 0.6) is 5.75 Å². The van der Waals surface area contributed by atoms with Crippen LogP contribution in [0.1, 0.15) is 40.4 Å². The summed E-state index contributed by atoms with van der Waals surface area (Å²) in [6.45, 7) is 8.55. The molecule has 0 atom stereocenters. The first-order valence-electron chi connectivity index (χ1n) is 9.33. The Kier molecular flexibility index (Phi) is 6.92. The normalized spacial score (nSPS) is 13.7. The molecule has 172 valence electrons. The maximum atomic E-state index is 12.6. The highest BCUT2D eigenvalue weighted by atomic mass is 19.4. The van der Waals surface area contributed by atoms with Gasteiger partial charge in [-0.2, -0.15) is 13.2 Å². The lowest BCUT2D eigenvalue weighted by Crippen LogP contribution is -2.44. The number of aromatic amines is 1. The molecule has 3 N–H and O–H groups in total. The van der Waals surface area contributed by atoms with Crippen LogP contribution < -0.4 is 21.1 Å². The predicted octanol–water partition coefficient (Wildman–Crippen LogP) is 4.04. The number of benzene rings is 1. The lowest BCUT2D eigenvalue weighted by Gasteiger charge is -2.27. The van der Waals surface area contributed by atoms with Gasteiger partial charge in [-0.3, -0.25) is 14.8 Å². The third kappa shape index (κ3) is 6.66. The Hall–Kier alpha value is -3.18. The van der Waals surface area contributed by atoms with E-state index in [1.165, 1.54) is 6.07 Å². The summed E-state index contributed by atoms with van der Waals surface area (Å²) in [5, 5.41) is 8.86. The van der Waals surface area contributed by atoms with Crippen molar-refractivity contribution in [3.63, 3.8) is 0 Å². The van der Waals surface area contributed by atoms with Gasteiger partial charge in [0.15, 0.2) is 5.82 Å². The number of amides is 1. The Labute approximate surface area is 176 Å². The standard InChI is InChI=1S/C13H15F3N2O3.C6H10N2O2/c1-12(2,13(14,15)16)21-11(19)18-8-3-4-10-9(7-8)17-5-6-20-10;1-6(2,3)4-7-5(9)10-8-4/h3-4,7,17H,5-6H2,1-2H3,(H,18,19);1-3H3,(H,7,8,9). The molecule has 0 radical (unpaired) electrons. The van der Waals surface area contributed by atoms with E-state index in [0.29, 0.717) is 36.1 Å². The number of rotatable bonds is 2. The van der Waals surface area contributed by atoms with Crippen LogP contribution in [0.25, 0.3) is 0 Å². The lowest BCUT2D eigenvalue weighted by molar-refractivity contribution is -0.242. The SMILES string of the molecule is CC(C)(C)c1noc(=O)[nH]1.CC(C)(OC(=O)Nc1ccc2c(c1)NCCO2)C(F)(F)F. The first-order chi connectivity index (χ1) is 14.2. The molecule has 1 aromatic carbocycles. The van der Waals surface area contributed by atoms with Gasteiger partial charge in [0.2, 0.25) is 5.60 Å². The van der Waals surface area contributed by atoms with E-state index >= 15 is 0 Å². The van der Waals surface area contributed by atoms with E-state index in [2.05, 4.69) is 30.0 Å². The van der Waals surface area contributed by atoms with Gasteiger partial charge in [-0.1, -0.05) is 25.9 Å². The van der Waals surface area contributed by atoms with Crippen LogP contribution >= 0.6 is 0 Å².